The van der Waals surface area contributed by atoms with Gasteiger partial charge in [0.15, 0.2) is 5.69 Å². The van der Waals surface area contributed by atoms with Gasteiger partial charge in [-0.05, 0) is 72.6 Å². The van der Waals surface area contributed by atoms with Crippen molar-refractivity contribution in [2.45, 2.75) is 71.6 Å². The summed E-state index contributed by atoms with van der Waals surface area (Å²) in [7, 11) is 0. The Kier molecular flexibility index (Phi) is 9.85. The minimum atomic E-state index is -0.875. The summed E-state index contributed by atoms with van der Waals surface area (Å²) in [6, 6.07) is 10.6. The molecule has 0 saturated carbocycles. The molecule has 3 amide bonds. The van der Waals surface area contributed by atoms with Crippen LogP contribution in [0.3, 0.4) is 0 Å². The molecule has 0 spiro atoms. The lowest BCUT2D eigenvalue weighted by molar-refractivity contribution is 0.0499. The summed E-state index contributed by atoms with van der Waals surface area (Å²) in [4.78, 5) is 50.2. The van der Waals surface area contributed by atoms with Crippen molar-refractivity contribution < 1.29 is 32.6 Å². The van der Waals surface area contributed by atoms with E-state index >= 15 is 0 Å². The smallest absolute Gasteiger partial charge is 0.412 e. The van der Waals surface area contributed by atoms with Gasteiger partial charge in [-0.2, -0.15) is 0 Å². The van der Waals surface area contributed by atoms with Gasteiger partial charge in [-0.15, -0.1) is 0 Å². The largest absolute Gasteiger partial charge is 0.444 e. The predicted molar refractivity (Wildman–Crippen MR) is 182 cm³/mol. The number of amides is 3. The van der Waals surface area contributed by atoms with E-state index in [1.807, 2.05) is 24.3 Å². The van der Waals surface area contributed by atoms with Crippen molar-refractivity contribution in [3.8, 4) is 10.6 Å². The van der Waals surface area contributed by atoms with Gasteiger partial charge in [0.05, 0.1) is 28.7 Å². The number of nitrogens with one attached hydrogen (secondary N) is 3. The van der Waals surface area contributed by atoms with E-state index in [9.17, 15) is 23.2 Å². The minimum absolute atomic E-state index is 0.0608. The zero-order valence-electron chi connectivity index (χ0n) is 27.6. The van der Waals surface area contributed by atoms with Gasteiger partial charge < -0.3 is 25.0 Å². The Labute approximate surface area is 281 Å². The molecule has 0 bridgehead atoms. The number of carbonyl (C=O) groups is 3. The van der Waals surface area contributed by atoms with Crippen molar-refractivity contribution in [3.63, 3.8) is 0 Å². The van der Waals surface area contributed by atoms with Gasteiger partial charge in [0.25, 0.3) is 5.91 Å². The number of halogens is 2. The number of fused-ring (bicyclic) bond motifs is 1. The van der Waals surface area contributed by atoms with Gasteiger partial charge in [-0.1, -0.05) is 35.6 Å². The number of ether oxygens (including phenoxy) is 2. The number of thiazole rings is 1. The molecule has 48 heavy (non-hydrogen) atoms. The zero-order valence-corrected chi connectivity index (χ0v) is 28.4. The number of benzene rings is 2. The molecule has 2 aromatic carbocycles. The topological polar surface area (TPSA) is 135 Å². The Morgan fingerprint density at radius 3 is 2.27 bits per heavy atom. The maximum absolute atomic E-state index is 14.8. The van der Waals surface area contributed by atoms with Gasteiger partial charge >= 0.3 is 12.2 Å². The van der Waals surface area contributed by atoms with Crippen LogP contribution in [0, 0.1) is 11.6 Å². The number of rotatable bonds is 6. The first-order valence-electron chi connectivity index (χ1n) is 15.5. The predicted octanol–water partition coefficient (Wildman–Crippen LogP) is 7.73. The maximum Gasteiger partial charge on any atom is 0.412 e. The molecule has 2 aromatic heterocycles. The second kappa shape index (κ2) is 13.7. The normalized spacial score (nSPS) is 15.2. The molecule has 1 atom stereocenters. The molecule has 3 heterocycles. The summed E-state index contributed by atoms with van der Waals surface area (Å²) in [6.45, 7) is 11.5. The number of alkyl carbamates (subject to hydrolysis) is 1. The Morgan fingerprint density at radius 1 is 0.917 bits per heavy atom. The van der Waals surface area contributed by atoms with Gasteiger partial charge in [0.2, 0.25) is 0 Å². The fourth-order valence-electron chi connectivity index (χ4n) is 5.28. The summed E-state index contributed by atoms with van der Waals surface area (Å²) < 4.78 is 40.4. The van der Waals surface area contributed by atoms with Crippen LogP contribution in [0.4, 0.5) is 34.7 Å². The van der Waals surface area contributed by atoms with Crippen molar-refractivity contribution >= 4 is 56.7 Å². The van der Waals surface area contributed by atoms with E-state index in [1.54, 1.807) is 41.5 Å². The Bertz CT molecular complexity index is 1830. The number of hydrogen-bond acceptors (Lipinski definition) is 9. The molecule has 254 valence electrons. The van der Waals surface area contributed by atoms with Crippen LogP contribution in [-0.2, 0) is 9.47 Å². The summed E-state index contributed by atoms with van der Waals surface area (Å²) in [5.41, 5.74) is -0.514. The average molecular weight is 681 g/mol. The van der Waals surface area contributed by atoms with Crippen LogP contribution in [0.5, 0.6) is 0 Å². The monoisotopic (exact) mass is 680 g/mol. The molecule has 4 aromatic rings. The number of para-hydroxylation sites is 1. The molecule has 5 rings (SSSR count). The van der Waals surface area contributed by atoms with Gasteiger partial charge in [-0.25, -0.2) is 23.4 Å². The van der Waals surface area contributed by atoms with Crippen molar-refractivity contribution in [2.75, 3.05) is 28.6 Å². The first-order chi connectivity index (χ1) is 22.6. The highest BCUT2D eigenvalue weighted by Crippen LogP contribution is 2.38. The lowest BCUT2D eigenvalue weighted by Crippen LogP contribution is -2.49. The van der Waals surface area contributed by atoms with E-state index in [1.165, 1.54) is 12.3 Å². The number of hydrogen-bond donors (Lipinski definition) is 3. The molecule has 0 aliphatic carbocycles. The second-order valence-electron chi connectivity index (χ2n) is 13.3. The first-order valence-corrected chi connectivity index (χ1v) is 16.3. The number of anilines is 3. The molecule has 1 aliphatic rings. The van der Waals surface area contributed by atoms with E-state index in [-0.39, 0.29) is 21.7 Å². The highest BCUT2D eigenvalue weighted by Gasteiger charge is 2.30. The van der Waals surface area contributed by atoms with Crippen LogP contribution in [0.15, 0.2) is 48.7 Å². The third-order valence-electron chi connectivity index (χ3n) is 7.09. The molecule has 0 radical (unpaired) electrons. The van der Waals surface area contributed by atoms with Crippen LogP contribution in [0.25, 0.3) is 21.5 Å². The number of piperidine rings is 1. The van der Waals surface area contributed by atoms with E-state index in [4.69, 9.17) is 9.47 Å². The quantitative estimate of drug-likeness (QED) is 0.188. The third-order valence-corrected chi connectivity index (χ3v) is 8.08. The summed E-state index contributed by atoms with van der Waals surface area (Å²) in [5.74, 6) is -2.50. The van der Waals surface area contributed by atoms with E-state index < -0.39 is 46.5 Å². The minimum Gasteiger partial charge on any atom is -0.444 e. The van der Waals surface area contributed by atoms with Crippen molar-refractivity contribution in [2.24, 2.45) is 0 Å². The number of pyridine rings is 1. The Balaban J connectivity index is 1.50. The zero-order chi connectivity index (χ0) is 34.8. The van der Waals surface area contributed by atoms with E-state index in [0.29, 0.717) is 30.0 Å². The van der Waals surface area contributed by atoms with E-state index in [0.717, 1.165) is 41.7 Å². The number of aromatic nitrogens is 2. The second-order valence-corrected chi connectivity index (χ2v) is 14.3. The highest BCUT2D eigenvalue weighted by molar-refractivity contribution is 7.19. The van der Waals surface area contributed by atoms with Gasteiger partial charge in [0, 0.05) is 24.5 Å². The summed E-state index contributed by atoms with van der Waals surface area (Å²) in [6.07, 6.45) is 1.61. The van der Waals surface area contributed by atoms with Crippen molar-refractivity contribution in [1.29, 1.82) is 0 Å². The van der Waals surface area contributed by atoms with Crippen LogP contribution >= 0.6 is 11.3 Å². The highest BCUT2D eigenvalue weighted by atomic mass is 32.1. The lowest BCUT2D eigenvalue weighted by Gasteiger charge is -2.36. The number of nitrogens with zero attached hydrogens (tertiary/aromatic N) is 3. The lowest BCUT2D eigenvalue weighted by atomic mass is 10.0. The summed E-state index contributed by atoms with van der Waals surface area (Å²) in [5, 5.41) is 8.89. The molecular weight excluding hydrogens is 642 g/mol. The molecule has 14 heteroatoms. The Hall–Kier alpha value is -4.85. The van der Waals surface area contributed by atoms with Crippen LogP contribution < -0.4 is 20.9 Å². The van der Waals surface area contributed by atoms with Crippen molar-refractivity contribution in [3.05, 3.63) is 66.0 Å². The standard InChI is InChI=1S/C34H38F2N6O5S/c1-33(2,3)46-31(44)38-19-11-10-16-42(18-19)27-20-12-7-8-15-23(20)37-17-24(27)39-28(43)26-30(41-32(45)47-34(4,5)6)48-29(40-26)25-21(35)13-9-14-22(25)36/h7-9,12-15,17,19H,10-11,16,18H2,1-6H3,(H,38,44)(H,39,43)(H,41,45)/t19-/m0/s1. The average Bonchev–Trinajstić information content (AvgIpc) is 3.38. The molecule has 1 aliphatic heterocycles. The van der Waals surface area contributed by atoms with Crippen LogP contribution in [0.1, 0.15) is 64.9 Å². The van der Waals surface area contributed by atoms with Crippen LogP contribution in [-0.4, -0.2) is 58.4 Å². The third kappa shape index (κ3) is 8.35. The Morgan fingerprint density at radius 2 is 1.58 bits per heavy atom. The van der Waals surface area contributed by atoms with Crippen LogP contribution in [0.2, 0.25) is 0 Å². The fourth-order valence-corrected chi connectivity index (χ4v) is 6.27. The molecule has 3 N–H and O–H groups in total. The molecular formula is C34H38F2N6O5S. The molecule has 1 fully saturated rings. The molecule has 0 unspecified atom stereocenters. The van der Waals surface area contributed by atoms with E-state index in [2.05, 4.69) is 30.8 Å². The molecule has 1 saturated heterocycles. The number of carbonyl (C=O) groups excluding carboxylic acids is 3. The molecule has 11 nitrogen and oxygen atoms in total. The summed E-state index contributed by atoms with van der Waals surface area (Å²) >= 11 is 0.737. The SMILES string of the molecule is CC(C)(C)OC(=O)Nc1sc(-c2c(F)cccc2F)nc1C(=O)Nc1cnc2ccccc2c1N1CCC[C@H](NC(=O)OC(C)(C)C)C1. The first kappa shape index (κ1) is 34.5. The fraction of sp³-hybridized carbons (Fsp3) is 0.382. The van der Waals surface area contributed by atoms with Gasteiger partial charge in [-0.3, -0.25) is 15.1 Å². The van der Waals surface area contributed by atoms with Crippen molar-refractivity contribution in [1.82, 2.24) is 15.3 Å². The maximum atomic E-state index is 14.8. The van der Waals surface area contributed by atoms with Gasteiger partial charge in [0.1, 0.15) is 32.8 Å².